The number of nitrogens with zero attached hydrogens (tertiary/aromatic N) is 1. The second kappa shape index (κ2) is 5.86. The van der Waals surface area contributed by atoms with Gasteiger partial charge >= 0.3 is 5.97 Å². The molecule has 0 saturated heterocycles. The molecule has 21 heavy (non-hydrogen) atoms. The van der Waals surface area contributed by atoms with Crippen molar-refractivity contribution in [1.82, 2.24) is 9.62 Å². The van der Waals surface area contributed by atoms with Gasteiger partial charge in [-0.2, -0.15) is 4.72 Å². The maximum atomic E-state index is 12.3. The molecule has 0 aliphatic rings. The summed E-state index contributed by atoms with van der Waals surface area (Å²) in [5.74, 6) is -1.90. The van der Waals surface area contributed by atoms with Crippen molar-refractivity contribution in [1.29, 1.82) is 0 Å². The van der Waals surface area contributed by atoms with E-state index in [0.717, 1.165) is 0 Å². The average Bonchev–Trinajstić information content (AvgIpc) is 2.63. The van der Waals surface area contributed by atoms with Crippen LogP contribution in [0.3, 0.4) is 0 Å². The van der Waals surface area contributed by atoms with Gasteiger partial charge in [0.15, 0.2) is 0 Å². The molecule has 1 aromatic heterocycles. The van der Waals surface area contributed by atoms with Crippen LogP contribution in [0.15, 0.2) is 9.31 Å². The Labute approximate surface area is 122 Å². The van der Waals surface area contributed by atoms with Crippen molar-refractivity contribution < 1.29 is 27.5 Å². The largest absolute Gasteiger partial charge is 0.478 e. The number of aryl methyl sites for hydroxylation is 2. The average molecular weight is 318 g/mol. The lowest BCUT2D eigenvalue weighted by atomic mass is 10.2. The SMILES string of the molecule is Cc1oc(C)c(S(=O)(=O)NC(C)C(=O)N(C)C)c1C(=O)O. The Morgan fingerprint density at radius 1 is 1.24 bits per heavy atom. The second-order valence-corrected chi connectivity index (χ2v) is 6.45. The highest BCUT2D eigenvalue weighted by atomic mass is 32.2. The molecule has 9 heteroatoms. The molecule has 0 saturated carbocycles. The zero-order valence-electron chi connectivity index (χ0n) is 12.4. The van der Waals surface area contributed by atoms with Crippen LogP contribution in [0, 0.1) is 13.8 Å². The first kappa shape index (κ1) is 17.2. The van der Waals surface area contributed by atoms with E-state index in [1.807, 2.05) is 0 Å². The van der Waals surface area contributed by atoms with Gasteiger partial charge in [-0.15, -0.1) is 0 Å². The van der Waals surface area contributed by atoms with Crippen LogP contribution in [0.1, 0.15) is 28.8 Å². The van der Waals surface area contributed by atoms with Crippen LogP contribution < -0.4 is 4.72 Å². The molecule has 0 aliphatic heterocycles. The summed E-state index contributed by atoms with van der Waals surface area (Å²) in [7, 11) is -1.22. The minimum Gasteiger partial charge on any atom is -0.478 e. The molecule has 118 valence electrons. The quantitative estimate of drug-likeness (QED) is 0.809. The summed E-state index contributed by atoms with van der Waals surface area (Å²) in [5.41, 5.74) is -0.426. The number of carbonyl (C=O) groups excluding carboxylic acids is 1. The van der Waals surface area contributed by atoms with Crippen molar-refractivity contribution in [2.45, 2.75) is 31.7 Å². The smallest absolute Gasteiger partial charge is 0.340 e. The third-order valence-electron chi connectivity index (χ3n) is 2.83. The lowest BCUT2D eigenvalue weighted by molar-refractivity contribution is -0.130. The molecule has 1 amide bonds. The highest BCUT2D eigenvalue weighted by Gasteiger charge is 2.33. The fourth-order valence-electron chi connectivity index (χ4n) is 1.96. The van der Waals surface area contributed by atoms with Crippen LogP contribution in [0.25, 0.3) is 0 Å². The molecule has 0 aromatic carbocycles. The van der Waals surface area contributed by atoms with Gasteiger partial charge in [-0.05, 0) is 20.8 Å². The number of amides is 1. The van der Waals surface area contributed by atoms with E-state index in [0.29, 0.717) is 0 Å². The molecular formula is C12H18N2O6S. The van der Waals surface area contributed by atoms with Crippen LogP contribution in [-0.4, -0.2) is 50.4 Å². The molecule has 1 atom stereocenters. The van der Waals surface area contributed by atoms with E-state index in [-0.39, 0.29) is 11.5 Å². The molecule has 0 spiro atoms. The number of likely N-dealkylation sites (N-methyl/N-ethyl adjacent to an activating group) is 1. The maximum Gasteiger partial charge on any atom is 0.340 e. The van der Waals surface area contributed by atoms with Gasteiger partial charge in [-0.1, -0.05) is 0 Å². The standard InChI is InChI=1S/C12H18N2O6S/c1-6(11(15)14(4)5)13-21(18,19)10-8(3)20-7(2)9(10)12(16)17/h6,13H,1-5H3,(H,16,17). The Kier molecular flexibility index (Phi) is 4.79. The highest BCUT2D eigenvalue weighted by molar-refractivity contribution is 7.89. The summed E-state index contributed by atoms with van der Waals surface area (Å²) in [4.78, 5) is 23.7. The van der Waals surface area contributed by atoms with Gasteiger partial charge in [0.1, 0.15) is 22.0 Å². The Bertz CT molecular complexity index is 674. The number of hydrogen-bond acceptors (Lipinski definition) is 5. The lowest BCUT2D eigenvalue weighted by Crippen LogP contribution is -2.44. The highest BCUT2D eigenvalue weighted by Crippen LogP contribution is 2.26. The molecule has 0 aliphatic carbocycles. The number of carboxylic acid groups (broad SMARTS) is 1. The summed E-state index contributed by atoms with van der Waals surface area (Å²) in [6.45, 7) is 4.10. The zero-order valence-corrected chi connectivity index (χ0v) is 13.2. The van der Waals surface area contributed by atoms with Crippen molar-refractivity contribution in [3.8, 4) is 0 Å². The van der Waals surface area contributed by atoms with E-state index in [1.165, 1.54) is 39.8 Å². The zero-order chi connectivity index (χ0) is 16.5. The van der Waals surface area contributed by atoms with E-state index in [1.54, 1.807) is 0 Å². The number of hydrogen-bond donors (Lipinski definition) is 2. The number of rotatable bonds is 5. The molecule has 8 nitrogen and oxygen atoms in total. The fourth-order valence-corrected chi connectivity index (χ4v) is 3.57. The number of carbonyl (C=O) groups is 2. The lowest BCUT2D eigenvalue weighted by Gasteiger charge is -2.18. The van der Waals surface area contributed by atoms with Gasteiger partial charge in [-0.25, -0.2) is 13.2 Å². The first-order chi connectivity index (χ1) is 9.49. The number of carboxylic acids is 1. The van der Waals surface area contributed by atoms with Gasteiger partial charge in [0.05, 0.1) is 6.04 Å². The van der Waals surface area contributed by atoms with E-state index in [2.05, 4.69) is 4.72 Å². The Balaban J connectivity index is 3.27. The van der Waals surface area contributed by atoms with Gasteiger partial charge in [0.2, 0.25) is 15.9 Å². The van der Waals surface area contributed by atoms with Crippen molar-refractivity contribution in [2.24, 2.45) is 0 Å². The Morgan fingerprint density at radius 3 is 2.19 bits per heavy atom. The van der Waals surface area contributed by atoms with Crippen LogP contribution >= 0.6 is 0 Å². The van der Waals surface area contributed by atoms with Gasteiger partial charge < -0.3 is 14.4 Å². The molecule has 1 heterocycles. The minimum absolute atomic E-state index is 0.00744. The first-order valence-electron chi connectivity index (χ1n) is 6.05. The van der Waals surface area contributed by atoms with Crippen molar-refractivity contribution >= 4 is 21.9 Å². The summed E-state index contributed by atoms with van der Waals surface area (Å²) in [6, 6.07) is -1.03. The number of aromatic carboxylic acids is 1. The third-order valence-corrected chi connectivity index (χ3v) is 4.52. The Hall–Kier alpha value is -1.87. The predicted molar refractivity (Wildman–Crippen MR) is 73.6 cm³/mol. The van der Waals surface area contributed by atoms with Crippen LogP contribution in [-0.2, 0) is 14.8 Å². The number of nitrogens with one attached hydrogen (secondary N) is 1. The number of sulfonamides is 1. The van der Waals surface area contributed by atoms with Crippen molar-refractivity contribution in [2.75, 3.05) is 14.1 Å². The Morgan fingerprint density at radius 2 is 1.76 bits per heavy atom. The summed E-state index contributed by atoms with van der Waals surface area (Å²) in [6.07, 6.45) is 0. The molecule has 1 unspecified atom stereocenters. The molecule has 2 N–H and O–H groups in total. The topological polar surface area (TPSA) is 117 Å². The minimum atomic E-state index is -4.20. The molecule has 0 bridgehead atoms. The second-order valence-electron chi connectivity index (χ2n) is 4.80. The molecule has 1 rings (SSSR count). The summed E-state index contributed by atoms with van der Waals surface area (Å²) < 4.78 is 31.9. The van der Waals surface area contributed by atoms with Crippen molar-refractivity contribution in [3.63, 3.8) is 0 Å². The van der Waals surface area contributed by atoms with Gasteiger partial charge in [0.25, 0.3) is 0 Å². The normalized spacial score (nSPS) is 13.0. The molecular weight excluding hydrogens is 300 g/mol. The van der Waals surface area contributed by atoms with Crippen LogP contribution in [0.4, 0.5) is 0 Å². The summed E-state index contributed by atoms with van der Waals surface area (Å²) in [5, 5.41) is 9.13. The van der Waals surface area contributed by atoms with E-state index in [4.69, 9.17) is 9.52 Å². The van der Waals surface area contributed by atoms with Crippen molar-refractivity contribution in [3.05, 3.63) is 17.1 Å². The summed E-state index contributed by atoms with van der Waals surface area (Å²) >= 11 is 0. The maximum absolute atomic E-state index is 12.3. The third kappa shape index (κ3) is 3.42. The van der Waals surface area contributed by atoms with E-state index >= 15 is 0 Å². The fraction of sp³-hybridized carbons (Fsp3) is 0.500. The molecule has 0 fully saturated rings. The number of furan rings is 1. The monoisotopic (exact) mass is 318 g/mol. The van der Waals surface area contributed by atoms with Gasteiger partial charge in [-0.3, -0.25) is 4.79 Å². The molecule has 1 aromatic rings. The first-order valence-corrected chi connectivity index (χ1v) is 7.54. The van der Waals surface area contributed by atoms with E-state index < -0.39 is 38.4 Å². The predicted octanol–water partition coefficient (Wildman–Crippen LogP) is 0.350. The van der Waals surface area contributed by atoms with Crippen LogP contribution in [0.5, 0.6) is 0 Å². The van der Waals surface area contributed by atoms with Crippen LogP contribution in [0.2, 0.25) is 0 Å². The molecule has 0 radical (unpaired) electrons. The van der Waals surface area contributed by atoms with E-state index in [9.17, 15) is 18.0 Å². The van der Waals surface area contributed by atoms with Gasteiger partial charge in [0, 0.05) is 14.1 Å².